The third-order valence-corrected chi connectivity index (χ3v) is 4.88. The van der Waals surface area contributed by atoms with Crippen molar-refractivity contribution in [2.45, 2.75) is 32.6 Å². The first-order chi connectivity index (χ1) is 10.3. The zero-order chi connectivity index (χ0) is 14.7. The van der Waals surface area contributed by atoms with E-state index in [1.165, 1.54) is 19.3 Å². The van der Waals surface area contributed by atoms with Gasteiger partial charge in [-0.3, -0.25) is 4.79 Å². The molecule has 1 aromatic carbocycles. The van der Waals surface area contributed by atoms with E-state index >= 15 is 0 Å². The van der Waals surface area contributed by atoms with Gasteiger partial charge in [0.1, 0.15) is 0 Å². The number of carbonyl (C=O) groups excluding carboxylic acids is 1. The second-order valence-electron chi connectivity index (χ2n) is 5.48. The molecule has 1 aliphatic heterocycles. The smallest absolute Gasteiger partial charge is 0.251 e. The number of rotatable bonds is 4. The van der Waals surface area contributed by atoms with Crippen LogP contribution in [0.5, 0.6) is 0 Å². The molecule has 1 saturated heterocycles. The lowest BCUT2D eigenvalue weighted by Gasteiger charge is -2.25. The number of aromatic nitrogens is 1. The normalized spacial score (nSPS) is 15.4. The number of fused-ring (bicyclic) bond motifs is 1. The van der Waals surface area contributed by atoms with Gasteiger partial charge in [0.05, 0.1) is 10.2 Å². The molecule has 1 aromatic heterocycles. The summed E-state index contributed by atoms with van der Waals surface area (Å²) in [6.07, 6.45) is 4.78. The van der Waals surface area contributed by atoms with Crippen LogP contribution in [0, 0.1) is 0 Å². The van der Waals surface area contributed by atoms with E-state index in [1.807, 2.05) is 18.2 Å². The third kappa shape index (κ3) is 3.18. The molecule has 1 amide bonds. The number of hydrogen-bond acceptors (Lipinski definition) is 4. The zero-order valence-electron chi connectivity index (χ0n) is 12.4. The Hall–Kier alpha value is -1.62. The number of piperidine rings is 1. The van der Waals surface area contributed by atoms with Crippen LogP contribution >= 0.6 is 11.3 Å². The average molecular weight is 303 g/mol. The van der Waals surface area contributed by atoms with Gasteiger partial charge in [-0.05, 0) is 43.9 Å². The van der Waals surface area contributed by atoms with Crippen LogP contribution in [0.2, 0.25) is 0 Å². The van der Waals surface area contributed by atoms with Gasteiger partial charge in [0.25, 0.3) is 5.91 Å². The quantitative estimate of drug-likeness (QED) is 0.941. The Bertz CT molecular complexity index is 631. The van der Waals surface area contributed by atoms with Crippen LogP contribution < -0.4 is 10.2 Å². The first-order valence-electron chi connectivity index (χ1n) is 7.71. The maximum atomic E-state index is 12.0. The van der Waals surface area contributed by atoms with Crippen LogP contribution in [0.15, 0.2) is 18.2 Å². The van der Waals surface area contributed by atoms with Crippen LogP contribution in [0.4, 0.5) is 5.13 Å². The molecule has 0 saturated carbocycles. The number of hydrogen-bond donors (Lipinski definition) is 1. The summed E-state index contributed by atoms with van der Waals surface area (Å²) in [5.41, 5.74) is 1.72. The summed E-state index contributed by atoms with van der Waals surface area (Å²) in [6, 6.07) is 5.79. The second-order valence-corrected chi connectivity index (χ2v) is 6.49. The van der Waals surface area contributed by atoms with Crippen molar-refractivity contribution in [3.8, 4) is 0 Å². The van der Waals surface area contributed by atoms with Crippen molar-refractivity contribution in [2.24, 2.45) is 0 Å². The first kappa shape index (κ1) is 14.3. The molecular formula is C16H21N3OS. The Labute approximate surface area is 129 Å². The molecule has 5 heteroatoms. The SMILES string of the molecule is CCCNC(=O)c1ccc2nc(N3CCCCC3)sc2c1. The molecule has 0 aliphatic carbocycles. The molecule has 21 heavy (non-hydrogen) atoms. The van der Waals surface area contributed by atoms with Crippen LogP contribution in [0.3, 0.4) is 0 Å². The molecule has 0 atom stereocenters. The molecule has 4 nitrogen and oxygen atoms in total. The van der Waals surface area contributed by atoms with Gasteiger partial charge < -0.3 is 10.2 Å². The fourth-order valence-corrected chi connectivity index (χ4v) is 3.67. The van der Waals surface area contributed by atoms with E-state index in [0.717, 1.165) is 47.0 Å². The Morgan fingerprint density at radius 2 is 2.14 bits per heavy atom. The van der Waals surface area contributed by atoms with Crippen LogP contribution in [-0.2, 0) is 0 Å². The second kappa shape index (κ2) is 6.43. The topological polar surface area (TPSA) is 45.2 Å². The molecule has 0 spiro atoms. The van der Waals surface area contributed by atoms with Crippen molar-refractivity contribution in [1.82, 2.24) is 10.3 Å². The summed E-state index contributed by atoms with van der Waals surface area (Å²) in [6.45, 7) is 4.98. The van der Waals surface area contributed by atoms with Crippen LogP contribution in [0.25, 0.3) is 10.2 Å². The molecule has 1 N–H and O–H groups in total. The molecule has 2 aromatic rings. The van der Waals surface area contributed by atoms with E-state index in [2.05, 4.69) is 17.1 Å². The highest BCUT2D eigenvalue weighted by Crippen LogP contribution is 2.31. The minimum absolute atomic E-state index is 0.00618. The Kier molecular flexibility index (Phi) is 4.39. The Balaban J connectivity index is 1.82. The van der Waals surface area contributed by atoms with E-state index in [9.17, 15) is 4.79 Å². The lowest BCUT2D eigenvalue weighted by molar-refractivity contribution is 0.0954. The summed E-state index contributed by atoms with van der Waals surface area (Å²) in [5.74, 6) is 0.00618. The summed E-state index contributed by atoms with van der Waals surface area (Å²) in [7, 11) is 0. The largest absolute Gasteiger partial charge is 0.352 e. The first-order valence-corrected chi connectivity index (χ1v) is 8.53. The molecule has 0 radical (unpaired) electrons. The van der Waals surface area contributed by atoms with E-state index in [0.29, 0.717) is 0 Å². The highest BCUT2D eigenvalue weighted by molar-refractivity contribution is 7.22. The minimum atomic E-state index is 0.00618. The van der Waals surface area contributed by atoms with Crippen molar-refractivity contribution < 1.29 is 4.79 Å². The highest BCUT2D eigenvalue weighted by Gasteiger charge is 2.16. The monoisotopic (exact) mass is 303 g/mol. The predicted molar refractivity (Wildman–Crippen MR) is 88.3 cm³/mol. The van der Waals surface area contributed by atoms with Crippen molar-refractivity contribution in [3.63, 3.8) is 0 Å². The molecule has 0 unspecified atom stereocenters. The van der Waals surface area contributed by atoms with Gasteiger partial charge in [0.2, 0.25) is 0 Å². The van der Waals surface area contributed by atoms with Gasteiger partial charge in [0, 0.05) is 25.2 Å². The molecule has 1 fully saturated rings. The Morgan fingerprint density at radius 1 is 1.33 bits per heavy atom. The Morgan fingerprint density at radius 3 is 2.90 bits per heavy atom. The summed E-state index contributed by atoms with van der Waals surface area (Å²) in [4.78, 5) is 19.1. The number of thiazole rings is 1. The van der Waals surface area contributed by atoms with E-state index in [4.69, 9.17) is 4.98 Å². The number of nitrogens with zero attached hydrogens (tertiary/aromatic N) is 2. The summed E-state index contributed by atoms with van der Waals surface area (Å²) < 4.78 is 1.10. The molecule has 1 aliphatic rings. The maximum Gasteiger partial charge on any atom is 0.251 e. The lowest BCUT2D eigenvalue weighted by Crippen LogP contribution is -2.29. The van der Waals surface area contributed by atoms with Gasteiger partial charge in [0.15, 0.2) is 5.13 Å². The summed E-state index contributed by atoms with van der Waals surface area (Å²) in [5, 5.41) is 4.01. The predicted octanol–water partition coefficient (Wildman–Crippen LogP) is 3.43. The van der Waals surface area contributed by atoms with Gasteiger partial charge in [-0.15, -0.1) is 0 Å². The number of anilines is 1. The molecule has 112 valence electrons. The average Bonchev–Trinajstić information content (AvgIpc) is 2.96. The fourth-order valence-electron chi connectivity index (χ4n) is 2.61. The number of carbonyl (C=O) groups is 1. The number of benzene rings is 1. The van der Waals surface area contributed by atoms with Crippen molar-refractivity contribution in [1.29, 1.82) is 0 Å². The number of amides is 1. The molecule has 2 heterocycles. The van der Waals surface area contributed by atoms with Gasteiger partial charge in [-0.25, -0.2) is 4.98 Å². The van der Waals surface area contributed by atoms with Gasteiger partial charge in [-0.1, -0.05) is 18.3 Å². The van der Waals surface area contributed by atoms with Crippen LogP contribution in [0.1, 0.15) is 43.0 Å². The standard InChI is InChI=1S/C16H21N3OS/c1-2-8-17-15(20)12-6-7-13-14(11-12)21-16(18-13)19-9-4-3-5-10-19/h6-7,11H,2-5,8-10H2,1H3,(H,17,20). The van der Waals surface area contributed by atoms with Crippen LogP contribution in [-0.4, -0.2) is 30.5 Å². The van der Waals surface area contributed by atoms with Crippen molar-refractivity contribution in [2.75, 3.05) is 24.5 Å². The van der Waals surface area contributed by atoms with Crippen molar-refractivity contribution >= 4 is 32.6 Å². The van der Waals surface area contributed by atoms with Gasteiger partial charge in [-0.2, -0.15) is 0 Å². The third-order valence-electron chi connectivity index (χ3n) is 3.80. The molecule has 0 bridgehead atoms. The van der Waals surface area contributed by atoms with Gasteiger partial charge >= 0.3 is 0 Å². The highest BCUT2D eigenvalue weighted by atomic mass is 32.1. The molecule has 3 rings (SSSR count). The fraction of sp³-hybridized carbons (Fsp3) is 0.500. The van der Waals surface area contributed by atoms with E-state index < -0.39 is 0 Å². The maximum absolute atomic E-state index is 12.0. The lowest BCUT2D eigenvalue weighted by atomic mass is 10.1. The summed E-state index contributed by atoms with van der Waals surface area (Å²) >= 11 is 1.69. The van der Waals surface area contributed by atoms with E-state index in [1.54, 1.807) is 11.3 Å². The minimum Gasteiger partial charge on any atom is -0.352 e. The number of nitrogens with one attached hydrogen (secondary N) is 1. The molecular weight excluding hydrogens is 282 g/mol. The zero-order valence-corrected chi connectivity index (χ0v) is 13.2. The van der Waals surface area contributed by atoms with E-state index in [-0.39, 0.29) is 5.91 Å². The van der Waals surface area contributed by atoms with Crippen molar-refractivity contribution in [3.05, 3.63) is 23.8 Å².